The van der Waals surface area contributed by atoms with Gasteiger partial charge in [0, 0.05) is 6.61 Å². The average molecular weight is 211 g/mol. The summed E-state index contributed by atoms with van der Waals surface area (Å²) < 4.78 is 0. The van der Waals surface area contributed by atoms with E-state index in [1.54, 1.807) is 11.3 Å². The lowest BCUT2D eigenvalue weighted by Crippen LogP contribution is -2.40. The SMILES string of the molecule is OCC1(Cc2ccsc2)CCNCC1. The molecule has 0 saturated carbocycles. The molecule has 0 unspecified atom stereocenters. The molecule has 0 radical (unpaired) electrons. The smallest absolute Gasteiger partial charge is 0.0491 e. The number of thiophene rings is 1. The Balaban J connectivity index is 2.04. The van der Waals surface area contributed by atoms with Crippen LogP contribution in [0.1, 0.15) is 18.4 Å². The summed E-state index contributed by atoms with van der Waals surface area (Å²) in [4.78, 5) is 0. The fraction of sp³-hybridized carbons (Fsp3) is 0.636. The van der Waals surface area contributed by atoms with Gasteiger partial charge in [0.05, 0.1) is 0 Å². The van der Waals surface area contributed by atoms with Crippen LogP contribution in [0, 0.1) is 5.41 Å². The van der Waals surface area contributed by atoms with Gasteiger partial charge in [0.2, 0.25) is 0 Å². The summed E-state index contributed by atoms with van der Waals surface area (Å²) in [5.74, 6) is 0. The summed E-state index contributed by atoms with van der Waals surface area (Å²) in [6, 6.07) is 2.17. The molecular weight excluding hydrogens is 194 g/mol. The van der Waals surface area contributed by atoms with Gasteiger partial charge in [0.15, 0.2) is 0 Å². The van der Waals surface area contributed by atoms with E-state index in [9.17, 15) is 5.11 Å². The molecule has 0 atom stereocenters. The monoisotopic (exact) mass is 211 g/mol. The second kappa shape index (κ2) is 4.43. The molecular formula is C11H17NOS. The fourth-order valence-electron chi connectivity index (χ4n) is 2.17. The number of hydrogen-bond acceptors (Lipinski definition) is 3. The molecule has 0 bridgehead atoms. The van der Waals surface area contributed by atoms with Gasteiger partial charge in [-0.1, -0.05) is 0 Å². The lowest BCUT2D eigenvalue weighted by Gasteiger charge is -2.35. The quantitative estimate of drug-likeness (QED) is 0.797. The molecule has 14 heavy (non-hydrogen) atoms. The van der Waals surface area contributed by atoms with Crippen molar-refractivity contribution in [2.45, 2.75) is 19.3 Å². The predicted molar refractivity (Wildman–Crippen MR) is 59.6 cm³/mol. The van der Waals surface area contributed by atoms with E-state index < -0.39 is 0 Å². The van der Waals surface area contributed by atoms with Gasteiger partial charge in [-0.3, -0.25) is 0 Å². The predicted octanol–water partition coefficient (Wildman–Crippen LogP) is 1.65. The van der Waals surface area contributed by atoms with Gasteiger partial charge in [-0.2, -0.15) is 11.3 Å². The molecule has 2 heterocycles. The van der Waals surface area contributed by atoms with Crippen LogP contribution in [-0.4, -0.2) is 24.8 Å². The topological polar surface area (TPSA) is 32.3 Å². The molecule has 0 spiro atoms. The van der Waals surface area contributed by atoms with E-state index in [0.29, 0.717) is 6.61 Å². The van der Waals surface area contributed by atoms with Crippen molar-refractivity contribution < 1.29 is 5.11 Å². The molecule has 2 nitrogen and oxygen atoms in total. The van der Waals surface area contributed by atoms with E-state index in [1.165, 1.54) is 5.56 Å². The summed E-state index contributed by atoms with van der Waals surface area (Å²) in [5.41, 5.74) is 1.53. The molecule has 1 saturated heterocycles. The Labute approximate surface area is 89.0 Å². The lowest BCUT2D eigenvalue weighted by molar-refractivity contribution is 0.0894. The zero-order valence-electron chi connectivity index (χ0n) is 8.33. The van der Waals surface area contributed by atoms with E-state index in [1.807, 2.05) is 0 Å². The Morgan fingerprint density at radius 3 is 2.79 bits per heavy atom. The maximum Gasteiger partial charge on any atom is 0.0491 e. The van der Waals surface area contributed by atoms with Gasteiger partial charge < -0.3 is 10.4 Å². The molecule has 1 aliphatic heterocycles. The number of aliphatic hydroxyl groups excluding tert-OH is 1. The van der Waals surface area contributed by atoms with Gasteiger partial charge >= 0.3 is 0 Å². The van der Waals surface area contributed by atoms with Crippen LogP contribution in [0.25, 0.3) is 0 Å². The Hall–Kier alpha value is -0.380. The maximum absolute atomic E-state index is 9.52. The van der Waals surface area contributed by atoms with Crippen LogP contribution in [0.4, 0.5) is 0 Å². The van der Waals surface area contributed by atoms with Crippen LogP contribution in [0.5, 0.6) is 0 Å². The Kier molecular flexibility index (Phi) is 3.21. The highest BCUT2D eigenvalue weighted by Crippen LogP contribution is 2.32. The van der Waals surface area contributed by atoms with E-state index in [4.69, 9.17) is 0 Å². The van der Waals surface area contributed by atoms with E-state index >= 15 is 0 Å². The van der Waals surface area contributed by atoms with Crippen LogP contribution in [0.3, 0.4) is 0 Å². The highest BCUT2D eigenvalue weighted by molar-refractivity contribution is 7.07. The summed E-state index contributed by atoms with van der Waals surface area (Å²) in [6.45, 7) is 2.42. The van der Waals surface area contributed by atoms with Gasteiger partial charge in [0.1, 0.15) is 0 Å². The third-order valence-corrected chi connectivity index (χ3v) is 3.89. The molecule has 0 aliphatic carbocycles. The van der Waals surface area contributed by atoms with Crippen molar-refractivity contribution in [3.8, 4) is 0 Å². The van der Waals surface area contributed by atoms with E-state index in [0.717, 1.165) is 32.4 Å². The lowest BCUT2D eigenvalue weighted by atomic mass is 9.75. The summed E-state index contributed by atoms with van der Waals surface area (Å²) >= 11 is 1.74. The first kappa shape index (κ1) is 10.1. The minimum atomic E-state index is 0.145. The third kappa shape index (κ3) is 2.16. The van der Waals surface area contributed by atoms with Crippen molar-refractivity contribution in [2.75, 3.05) is 19.7 Å². The molecule has 1 aromatic rings. The molecule has 78 valence electrons. The second-order valence-corrected chi connectivity index (χ2v) is 5.00. The maximum atomic E-state index is 9.52. The van der Waals surface area contributed by atoms with Gasteiger partial charge in [0.25, 0.3) is 0 Å². The zero-order chi connectivity index (χ0) is 9.86. The minimum absolute atomic E-state index is 0.145. The number of rotatable bonds is 3. The number of hydrogen-bond donors (Lipinski definition) is 2. The number of nitrogens with one attached hydrogen (secondary N) is 1. The third-order valence-electron chi connectivity index (χ3n) is 3.16. The van der Waals surface area contributed by atoms with Crippen LogP contribution in [0.15, 0.2) is 16.8 Å². The van der Waals surface area contributed by atoms with Gasteiger partial charge in [-0.15, -0.1) is 0 Å². The normalized spacial score (nSPS) is 20.9. The fourth-order valence-corrected chi connectivity index (χ4v) is 2.84. The van der Waals surface area contributed by atoms with Crippen LogP contribution in [0.2, 0.25) is 0 Å². The minimum Gasteiger partial charge on any atom is -0.396 e. The van der Waals surface area contributed by atoms with Gasteiger partial charge in [-0.05, 0) is 60.2 Å². The first-order valence-corrected chi connectivity index (χ1v) is 6.12. The zero-order valence-corrected chi connectivity index (χ0v) is 9.15. The Morgan fingerprint density at radius 2 is 2.21 bits per heavy atom. The molecule has 1 aromatic heterocycles. The van der Waals surface area contributed by atoms with Crippen molar-refractivity contribution >= 4 is 11.3 Å². The van der Waals surface area contributed by atoms with E-state index in [2.05, 4.69) is 22.1 Å². The highest BCUT2D eigenvalue weighted by atomic mass is 32.1. The van der Waals surface area contributed by atoms with Crippen LogP contribution < -0.4 is 5.32 Å². The van der Waals surface area contributed by atoms with Crippen molar-refractivity contribution in [3.63, 3.8) is 0 Å². The molecule has 0 amide bonds. The summed E-state index contributed by atoms with van der Waals surface area (Å²) in [5, 5.41) is 17.2. The van der Waals surface area contributed by atoms with Crippen LogP contribution >= 0.6 is 11.3 Å². The molecule has 0 aromatic carbocycles. The summed E-state index contributed by atoms with van der Waals surface area (Å²) in [6.07, 6.45) is 3.23. The Bertz CT molecular complexity index is 265. The molecule has 1 aliphatic rings. The molecule has 1 fully saturated rings. The van der Waals surface area contributed by atoms with Crippen molar-refractivity contribution in [1.82, 2.24) is 5.32 Å². The molecule has 2 rings (SSSR count). The van der Waals surface area contributed by atoms with Crippen molar-refractivity contribution in [1.29, 1.82) is 0 Å². The summed E-state index contributed by atoms with van der Waals surface area (Å²) in [7, 11) is 0. The van der Waals surface area contributed by atoms with Gasteiger partial charge in [-0.25, -0.2) is 0 Å². The molecule has 2 N–H and O–H groups in total. The number of piperidine rings is 1. The average Bonchev–Trinajstić information content (AvgIpc) is 2.72. The number of aliphatic hydroxyl groups is 1. The largest absolute Gasteiger partial charge is 0.396 e. The molecule has 3 heteroatoms. The standard InChI is InChI=1S/C11H17NOS/c13-9-11(2-4-12-5-3-11)7-10-1-6-14-8-10/h1,6,8,12-13H,2-5,7,9H2. The Morgan fingerprint density at radius 1 is 1.43 bits per heavy atom. The van der Waals surface area contributed by atoms with Crippen LogP contribution in [-0.2, 0) is 6.42 Å². The van der Waals surface area contributed by atoms with E-state index in [-0.39, 0.29) is 5.41 Å². The van der Waals surface area contributed by atoms with Crippen molar-refractivity contribution in [2.24, 2.45) is 5.41 Å². The first-order chi connectivity index (χ1) is 6.85. The highest BCUT2D eigenvalue weighted by Gasteiger charge is 2.31. The second-order valence-electron chi connectivity index (χ2n) is 4.22. The first-order valence-electron chi connectivity index (χ1n) is 5.17. The van der Waals surface area contributed by atoms with Crippen molar-refractivity contribution in [3.05, 3.63) is 22.4 Å².